The average Bonchev–Trinajstić information content (AvgIpc) is 3.50. The molecule has 1 saturated carbocycles. The average molecular weight is 370 g/mol. The molecule has 27 heavy (non-hydrogen) atoms. The Hall–Kier alpha value is -1.55. The van der Waals surface area contributed by atoms with Crippen LogP contribution in [-0.4, -0.2) is 43.5 Å². The van der Waals surface area contributed by atoms with Gasteiger partial charge in [-0.1, -0.05) is 18.9 Å². The quantitative estimate of drug-likeness (QED) is 0.863. The van der Waals surface area contributed by atoms with Crippen molar-refractivity contribution >= 4 is 11.6 Å². The van der Waals surface area contributed by atoms with Crippen LogP contribution in [0.2, 0.25) is 0 Å². The van der Waals surface area contributed by atoms with Crippen LogP contribution < -0.4 is 10.2 Å². The second kappa shape index (κ2) is 9.09. The number of fused-ring (bicyclic) bond motifs is 1. The fraction of sp³-hybridized carbons (Fsp3) is 0.696. The Labute approximate surface area is 164 Å². The van der Waals surface area contributed by atoms with Crippen molar-refractivity contribution in [3.8, 4) is 0 Å². The first kappa shape index (κ1) is 18.8. The molecule has 0 radical (unpaired) electrons. The van der Waals surface area contributed by atoms with Gasteiger partial charge in [-0.15, -0.1) is 0 Å². The summed E-state index contributed by atoms with van der Waals surface area (Å²) in [7, 11) is 0. The first-order valence-corrected chi connectivity index (χ1v) is 11.2. The fourth-order valence-corrected chi connectivity index (χ4v) is 4.96. The Morgan fingerprint density at radius 1 is 0.889 bits per heavy atom. The van der Waals surface area contributed by atoms with Crippen molar-refractivity contribution in [2.24, 2.45) is 5.92 Å². The van der Waals surface area contributed by atoms with E-state index in [1.54, 1.807) is 0 Å². The summed E-state index contributed by atoms with van der Waals surface area (Å²) in [6.45, 7) is 6.63. The molecule has 1 amide bonds. The third kappa shape index (κ3) is 4.66. The first-order valence-electron chi connectivity index (χ1n) is 11.2. The summed E-state index contributed by atoms with van der Waals surface area (Å²) in [5, 5.41) is 3.22. The highest BCUT2D eigenvalue weighted by atomic mass is 16.2. The number of amides is 1. The minimum atomic E-state index is 0.311. The van der Waals surface area contributed by atoms with Crippen molar-refractivity contribution in [1.29, 1.82) is 0 Å². The van der Waals surface area contributed by atoms with Gasteiger partial charge in [-0.3, -0.25) is 4.79 Å². The van der Waals surface area contributed by atoms with Gasteiger partial charge in [0.15, 0.2) is 0 Å². The molecule has 4 nitrogen and oxygen atoms in total. The highest BCUT2D eigenvalue weighted by Gasteiger charge is 2.29. The van der Waals surface area contributed by atoms with Crippen molar-refractivity contribution in [1.82, 2.24) is 10.2 Å². The molecular formula is C23H35N3O. The van der Waals surface area contributed by atoms with Gasteiger partial charge in [0.1, 0.15) is 0 Å². The predicted octanol–water partition coefficient (Wildman–Crippen LogP) is 3.73. The lowest BCUT2D eigenvalue weighted by Crippen LogP contribution is -2.39. The van der Waals surface area contributed by atoms with E-state index in [1.165, 1.54) is 81.5 Å². The third-order valence-corrected chi connectivity index (χ3v) is 6.65. The van der Waals surface area contributed by atoms with E-state index in [1.807, 2.05) is 0 Å². The number of anilines is 1. The van der Waals surface area contributed by atoms with Gasteiger partial charge in [0.05, 0.1) is 0 Å². The molecule has 4 heteroatoms. The number of nitrogens with one attached hydrogen (secondary N) is 1. The minimum absolute atomic E-state index is 0.311. The molecule has 1 aromatic rings. The predicted molar refractivity (Wildman–Crippen MR) is 111 cm³/mol. The second-order valence-corrected chi connectivity index (χ2v) is 8.60. The first-order chi connectivity index (χ1) is 13.3. The number of carbonyl (C=O) groups is 1. The van der Waals surface area contributed by atoms with Gasteiger partial charge >= 0.3 is 0 Å². The Bertz CT molecular complexity index is 621. The van der Waals surface area contributed by atoms with Crippen molar-refractivity contribution < 1.29 is 4.79 Å². The maximum Gasteiger partial charge on any atom is 0.225 e. The topological polar surface area (TPSA) is 35.6 Å². The van der Waals surface area contributed by atoms with Crippen LogP contribution in [0.3, 0.4) is 0 Å². The standard InChI is InChI=1S/C19H26N2O.C4H9N/c22-19(15-5-1-2-6-15)21-12-9-16-13-18(8-7-17(16)14-21)20-10-3-4-11-20;1-2-4-5-3-1/h7-8,13,15H,1-6,9-12,14H2;5H,1-4H2. The molecule has 2 saturated heterocycles. The smallest absolute Gasteiger partial charge is 0.225 e. The van der Waals surface area contributed by atoms with Gasteiger partial charge in [-0.2, -0.15) is 0 Å². The van der Waals surface area contributed by atoms with E-state index >= 15 is 0 Å². The molecule has 0 atom stereocenters. The Morgan fingerprint density at radius 2 is 1.63 bits per heavy atom. The molecule has 3 heterocycles. The summed E-state index contributed by atoms with van der Waals surface area (Å²) >= 11 is 0. The van der Waals surface area contributed by atoms with Gasteiger partial charge in [-0.05, 0) is 81.3 Å². The zero-order chi connectivity index (χ0) is 18.5. The maximum atomic E-state index is 12.6. The fourth-order valence-electron chi connectivity index (χ4n) is 4.96. The number of hydrogen-bond acceptors (Lipinski definition) is 3. The summed E-state index contributed by atoms with van der Waals surface area (Å²) in [6.07, 6.45) is 11.1. The number of rotatable bonds is 2. The summed E-state index contributed by atoms with van der Waals surface area (Å²) in [5.74, 6) is 0.720. The van der Waals surface area contributed by atoms with Gasteiger partial charge in [0.25, 0.3) is 0 Å². The number of carbonyl (C=O) groups excluding carboxylic acids is 1. The molecule has 0 spiro atoms. The molecule has 3 aliphatic heterocycles. The molecule has 0 aromatic heterocycles. The van der Waals surface area contributed by atoms with Crippen molar-refractivity contribution in [3.05, 3.63) is 29.3 Å². The summed E-state index contributed by atoms with van der Waals surface area (Å²) in [5.41, 5.74) is 4.20. The highest BCUT2D eigenvalue weighted by Crippen LogP contribution is 2.30. The highest BCUT2D eigenvalue weighted by molar-refractivity contribution is 5.79. The van der Waals surface area contributed by atoms with Crippen LogP contribution in [0.5, 0.6) is 0 Å². The molecule has 1 aliphatic carbocycles. The molecule has 5 rings (SSSR count). The van der Waals surface area contributed by atoms with Gasteiger partial charge in [-0.25, -0.2) is 0 Å². The van der Waals surface area contributed by atoms with E-state index in [4.69, 9.17) is 0 Å². The van der Waals surface area contributed by atoms with Gasteiger partial charge < -0.3 is 15.1 Å². The van der Waals surface area contributed by atoms with Crippen LogP contribution in [0.15, 0.2) is 18.2 Å². The lowest BCUT2D eigenvalue weighted by atomic mass is 9.97. The normalized spacial score (nSPS) is 22.5. The van der Waals surface area contributed by atoms with Crippen molar-refractivity contribution in [2.75, 3.05) is 37.6 Å². The molecule has 1 N–H and O–H groups in total. The minimum Gasteiger partial charge on any atom is -0.372 e. The van der Waals surface area contributed by atoms with Crippen LogP contribution in [-0.2, 0) is 17.8 Å². The SMILES string of the molecule is C1CCNC1.O=C(C1CCCC1)N1CCc2cc(N3CCCC3)ccc2C1. The van der Waals surface area contributed by atoms with Crippen LogP contribution in [0.1, 0.15) is 62.5 Å². The van der Waals surface area contributed by atoms with Gasteiger partial charge in [0, 0.05) is 37.8 Å². The lowest BCUT2D eigenvalue weighted by molar-refractivity contribution is -0.136. The number of hydrogen-bond donors (Lipinski definition) is 1. The molecular weight excluding hydrogens is 334 g/mol. The Morgan fingerprint density at radius 3 is 2.30 bits per heavy atom. The van der Waals surface area contributed by atoms with Crippen molar-refractivity contribution in [3.63, 3.8) is 0 Å². The molecule has 0 bridgehead atoms. The van der Waals surface area contributed by atoms with E-state index in [9.17, 15) is 4.79 Å². The molecule has 3 fully saturated rings. The summed E-state index contributed by atoms with van der Waals surface area (Å²) < 4.78 is 0. The largest absolute Gasteiger partial charge is 0.372 e. The van der Waals surface area contributed by atoms with E-state index in [0.717, 1.165) is 32.4 Å². The lowest BCUT2D eigenvalue weighted by Gasteiger charge is -2.32. The van der Waals surface area contributed by atoms with E-state index in [0.29, 0.717) is 11.8 Å². The van der Waals surface area contributed by atoms with E-state index in [-0.39, 0.29) is 0 Å². The molecule has 0 unspecified atom stereocenters. The zero-order valence-corrected chi connectivity index (χ0v) is 16.7. The maximum absolute atomic E-state index is 12.6. The van der Waals surface area contributed by atoms with E-state index < -0.39 is 0 Å². The Kier molecular flexibility index (Phi) is 6.33. The van der Waals surface area contributed by atoms with Crippen LogP contribution >= 0.6 is 0 Å². The Balaban J connectivity index is 0.000000314. The van der Waals surface area contributed by atoms with Crippen LogP contribution in [0.4, 0.5) is 5.69 Å². The van der Waals surface area contributed by atoms with Gasteiger partial charge in [0.2, 0.25) is 5.91 Å². The van der Waals surface area contributed by atoms with E-state index in [2.05, 4.69) is 33.3 Å². The monoisotopic (exact) mass is 369 g/mol. The summed E-state index contributed by atoms with van der Waals surface area (Å²) in [4.78, 5) is 17.2. The van der Waals surface area contributed by atoms with Crippen molar-refractivity contribution in [2.45, 2.75) is 64.3 Å². The third-order valence-electron chi connectivity index (χ3n) is 6.65. The molecule has 4 aliphatic rings. The second-order valence-electron chi connectivity index (χ2n) is 8.60. The number of nitrogens with zero attached hydrogens (tertiary/aromatic N) is 2. The number of benzene rings is 1. The molecule has 148 valence electrons. The van der Waals surface area contributed by atoms with Crippen LogP contribution in [0.25, 0.3) is 0 Å². The zero-order valence-electron chi connectivity index (χ0n) is 16.7. The van der Waals surface area contributed by atoms with Crippen LogP contribution in [0, 0.1) is 5.92 Å². The summed E-state index contributed by atoms with van der Waals surface area (Å²) in [6, 6.07) is 6.89. The molecule has 1 aromatic carbocycles.